The first-order valence-corrected chi connectivity index (χ1v) is 9.11. The third kappa shape index (κ3) is 2.83. The molecule has 2 saturated carbocycles. The zero-order valence-electron chi connectivity index (χ0n) is 11.6. The molecular formula is C15H17BrN4S. The highest BCUT2D eigenvalue weighted by atomic mass is 79.9. The van der Waals surface area contributed by atoms with Crippen molar-refractivity contribution in [3.8, 4) is 0 Å². The summed E-state index contributed by atoms with van der Waals surface area (Å²) >= 11 is 5.36. The monoisotopic (exact) mass is 364 g/mol. The molecule has 0 atom stereocenters. The number of hydrogen-bond acceptors (Lipinski definition) is 4. The van der Waals surface area contributed by atoms with Crippen molar-refractivity contribution >= 4 is 33.4 Å². The topological polar surface area (TPSA) is 56.7 Å². The van der Waals surface area contributed by atoms with Gasteiger partial charge in [0.1, 0.15) is 5.82 Å². The predicted octanol–water partition coefficient (Wildman–Crippen LogP) is 4.13. The molecule has 2 aliphatic carbocycles. The minimum absolute atomic E-state index is 0.646. The molecule has 2 fully saturated rings. The second-order valence-corrected chi connectivity index (χ2v) is 7.65. The molecule has 0 radical (unpaired) electrons. The Morgan fingerprint density at radius 3 is 2.71 bits per heavy atom. The number of rotatable bonds is 5. The number of aromatic nitrogens is 3. The van der Waals surface area contributed by atoms with Crippen molar-refractivity contribution in [2.24, 2.45) is 0 Å². The van der Waals surface area contributed by atoms with Crippen molar-refractivity contribution in [2.45, 2.75) is 48.6 Å². The van der Waals surface area contributed by atoms with Gasteiger partial charge in [-0.05, 0) is 43.4 Å². The molecule has 0 saturated heterocycles. The predicted molar refractivity (Wildman–Crippen MR) is 88.4 cm³/mol. The van der Waals surface area contributed by atoms with E-state index in [-0.39, 0.29) is 0 Å². The second-order valence-electron chi connectivity index (χ2n) is 5.86. The molecule has 0 aliphatic heterocycles. The van der Waals surface area contributed by atoms with Crippen molar-refractivity contribution in [3.63, 3.8) is 0 Å². The third-order valence-corrected chi connectivity index (χ3v) is 5.71. The Labute approximate surface area is 136 Å². The molecule has 0 spiro atoms. The lowest BCUT2D eigenvalue weighted by Gasteiger charge is -2.09. The zero-order chi connectivity index (χ0) is 14.4. The van der Waals surface area contributed by atoms with Gasteiger partial charge in [0.2, 0.25) is 0 Å². The first-order valence-electron chi connectivity index (χ1n) is 7.34. The van der Waals surface area contributed by atoms with Gasteiger partial charge in [0.25, 0.3) is 0 Å². The lowest BCUT2D eigenvalue weighted by molar-refractivity contribution is 0.627. The zero-order valence-corrected chi connectivity index (χ0v) is 14.0. The molecule has 2 N–H and O–H groups in total. The van der Waals surface area contributed by atoms with Gasteiger partial charge in [0.15, 0.2) is 5.16 Å². The van der Waals surface area contributed by atoms with Gasteiger partial charge >= 0.3 is 0 Å². The van der Waals surface area contributed by atoms with Crippen LogP contribution in [0.3, 0.4) is 0 Å². The molecule has 1 heterocycles. The maximum absolute atomic E-state index is 5.79. The normalized spacial score (nSPS) is 18.1. The molecule has 0 unspecified atom stereocenters. The molecule has 0 amide bonds. The van der Waals surface area contributed by atoms with Crippen molar-refractivity contribution in [1.29, 1.82) is 0 Å². The number of nitrogen functional groups attached to an aromatic ring is 1. The van der Waals surface area contributed by atoms with Gasteiger partial charge in [-0.2, -0.15) is 0 Å². The number of halogens is 1. The number of hydrogen-bond donors (Lipinski definition) is 1. The van der Waals surface area contributed by atoms with Gasteiger partial charge < -0.3 is 10.3 Å². The van der Waals surface area contributed by atoms with E-state index >= 15 is 0 Å². The van der Waals surface area contributed by atoms with E-state index in [1.807, 2.05) is 12.1 Å². The number of benzene rings is 1. The van der Waals surface area contributed by atoms with Crippen LogP contribution in [0.2, 0.25) is 0 Å². The summed E-state index contributed by atoms with van der Waals surface area (Å²) in [4.78, 5) is 0. The van der Waals surface area contributed by atoms with Crippen molar-refractivity contribution in [1.82, 2.24) is 14.8 Å². The van der Waals surface area contributed by atoms with Crippen molar-refractivity contribution in [3.05, 3.63) is 34.1 Å². The van der Waals surface area contributed by atoms with Gasteiger partial charge in [0.05, 0.1) is 0 Å². The van der Waals surface area contributed by atoms with Crippen LogP contribution in [0.5, 0.6) is 0 Å². The van der Waals surface area contributed by atoms with Crippen LogP contribution in [-0.4, -0.2) is 14.8 Å². The van der Waals surface area contributed by atoms with E-state index < -0.39 is 0 Å². The summed E-state index contributed by atoms with van der Waals surface area (Å²) in [5.41, 5.74) is 7.82. The fourth-order valence-corrected chi connectivity index (χ4v) is 4.24. The Balaban J connectivity index is 1.54. The van der Waals surface area contributed by atoms with E-state index in [0.717, 1.165) is 21.1 Å². The van der Waals surface area contributed by atoms with Gasteiger partial charge in [-0.15, -0.1) is 10.2 Å². The number of thioether (sulfide) groups is 1. The van der Waals surface area contributed by atoms with E-state index in [4.69, 9.17) is 5.73 Å². The average molecular weight is 365 g/mol. The summed E-state index contributed by atoms with van der Waals surface area (Å²) in [7, 11) is 0. The molecule has 0 bridgehead atoms. The Morgan fingerprint density at radius 2 is 2.05 bits per heavy atom. The molecule has 6 heteroatoms. The summed E-state index contributed by atoms with van der Waals surface area (Å²) in [6.07, 6.45) is 5.10. The Bertz CT molecular complexity index is 676. The maximum Gasteiger partial charge on any atom is 0.191 e. The standard InChI is InChI=1S/C15H17BrN4S/c16-13-7-11(17)4-3-10(13)8-21-15-19-18-14(9-1-2-9)20(15)12-5-6-12/h3-4,7,9,12H,1-2,5-6,8,17H2. The summed E-state index contributed by atoms with van der Waals surface area (Å²) in [5.74, 6) is 2.77. The van der Waals surface area contributed by atoms with Gasteiger partial charge in [-0.25, -0.2) is 0 Å². The van der Waals surface area contributed by atoms with E-state index in [0.29, 0.717) is 12.0 Å². The minimum Gasteiger partial charge on any atom is -0.399 e. The van der Waals surface area contributed by atoms with Crippen LogP contribution in [0, 0.1) is 0 Å². The Morgan fingerprint density at radius 1 is 1.24 bits per heavy atom. The molecule has 110 valence electrons. The van der Waals surface area contributed by atoms with Crippen LogP contribution in [0.15, 0.2) is 27.8 Å². The van der Waals surface area contributed by atoms with Crippen molar-refractivity contribution < 1.29 is 0 Å². The average Bonchev–Trinajstić information content (AvgIpc) is 3.37. The Kier molecular flexibility index (Phi) is 3.46. The minimum atomic E-state index is 0.646. The van der Waals surface area contributed by atoms with Crippen molar-refractivity contribution in [2.75, 3.05) is 5.73 Å². The van der Waals surface area contributed by atoms with E-state index in [2.05, 4.69) is 36.8 Å². The van der Waals surface area contributed by atoms with Crippen LogP contribution in [-0.2, 0) is 5.75 Å². The van der Waals surface area contributed by atoms with Crippen LogP contribution in [0.4, 0.5) is 5.69 Å². The highest BCUT2D eigenvalue weighted by molar-refractivity contribution is 9.10. The highest BCUT2D eigenvalue weighted by Crippen LogP contribution is 2.46. The van der Waals surface area contributed by atoms with Crippen LogP contribution in [0.1, 0.15) is 49.0 Å². The highest BCUT2D eigenvalue weighted by Gasteiger charge is 2.36. The summed E-state index contributed by atoms with van der Waals surface area (Å²) < 4.78 is 3.46. The second kappa shape index (κ2) is 5.32. The van der Waals surface area contributed by atoms with Crippen LogP contribution < -0.4 is 5.73 Å². The van der Waals surface area contributed by atoms with Gasteiger partial charge in [-0.1, -0.05) is 33.8 Å². The number of nitrogens with zero attached hydrogens (tertiary/aromatic N) is 3. The first-order chi connectivity index (χ1) is 10.2. The van der Waals surface area contributed by atoms with E-state index in [1.165, 1.54) is 37.1 Å². The number of nitrogens with two attached hydrogens (primary N) is 1. The van der Waals surface area contributed by atoms with Gasteiger partial charge in [0, 0.05) is 27.9 Å². The lowest BCUT2D eigenvalue weighted by atomic mass is 10.2. The fourth-order valence-electron chi connectivity index (χ4n) is 2.51. The fraction of sp³-hybridized carbons (Fsp3) is 0.467. The smallest absolute Gasteiger partial charge is 0.191 e. The van der Waals surface area contributed by atoms with E-state index in [1.54, 1.807) is 11.8 Å². The molecular weight excluding hydrogens is 348 g/mol. The summed E-state index contributed by atoms with van der Waals surface area (Å²) in [5, 5.41) is 9.96. The molecule has 1 aromatic heterocycles. The molecule has 2 aromatic rings. The molecule has 4 nitrogen and oxygen atoms in total. The molecule has 1 aromatic carbocycles. The summed E-state index contributed by atoms with van der Waals surface area (Å²) in [6.45, 7) is 0. The molecule has 2 aliphatic rings. The molecule has 21 heavy (non-hydrogen) atoms. The van der Waals surface area contributed by atoms with Crippen LogP contribution >= 0.6 is 27.7 Å². The lowest BCUT2D eigenvalue weighted by Crippen LogP contribution is -2.02. The maximum atomic E-state index is 5.79. The SMILES string of the molecule is Nc1ccc(CSc2nnc(C3CC3)n2C2CC2)c(Br)c1. The van der Waals surface area contributed by atoms with Gasteiger partial charge in [-0.3, -0.25) is 0 Å². The summed E-state index contributed by atoms with van der Waals surface area (Å²) in [6, 6.07) is 6.62. The van der Waals surface area contributed by atoms with Crippen LogP contribution in [0.25, 0.3) is 0 Å². The third-order valence-electron chi connectivity index (χ3n) is 3.98. The quantitative estimate of drug-likeness (QED) is 0.640. The van der Waals surface area contributed by atoms with E-state index in [9.17, 15) is 0 Å². The first kappa shape index (κ1) is 13.6. The largest absolute Gasteiger partial charge is 0.399 e. The number of anilines is 1. The molecule has 4 rings (SSSR count). The Hall–Kier alpha value is -1.01.